The average molecular weight is 446 g/mol. The van der Waals surface area contributed by atoms with Crippen molar-refractivity contribution in [2.24, 2.45) is 5.92 Å². The van der Waals surface area contributed by atoms with Gasteiger partial charge in [0.05, 0.1) is 13.2 Å². The molecule has 1 aromatic carbocycles. The minimum absolute atomic E-state index is 0.0424. The molecule has 9 heteroatoms. The summed E-state index contributed by atoms with van der Waals surface area (Å²) in [4.78, 5) is 9.98. The van der Waals surface area contributed by atoms with Crippen LogP contribution in [0, 0.1) is 5.92 Å². The molecule has 4 N–H and O–H groups in total. The van der Waals surface area contributed by atoms with Crippen LogP contribution in [0.25, 0.3) is 0 Å². The van der Waals surface area contributed by atoms with Crippen molar-refractivity contribution in [1.29, 1.82) is 0 Å². The molecule has 0 bridgehead atoms. The first-order chi connectivity index (χ1) is 14.1. The molecule has 1 aromatic rings. The Morgan fingerprint density at radius 3 is 2.43 bits per heavy atom. The number of aliphatic hydroxyl groups excluding tert-OH is 3. The van der Waals surface area contributed by atoms with E-state index in [4.69, 9.17) is 14.2 Å². The van der Waals surface area contributed by atoms with Crippen LogP contribution < -0.4 is 9.47 Å². The normalized spacial score (nSPS) is 28.9. The maximum atomic E-state index is 12.2. The summed E-state index contributed by atoms with van der Waals surface area (Å²) in [5, 5.41) is 30.9. The molecule has 0 aliphatic carbocycles. The van der Waals surface area contributed by atoms with Crippen molar-refractivity contribution in [2.45, 2.75) is 70.7 Å². The first-order valence-corrected chi connectivity index (χ1v) is 12.4. The minimum Gasteiger partial charge on any atom is -0.497 e. The molecule has 0 aromatic heterocycles. The first kappa shape index (κ1) is 25.1. The second-order valence-corrected chi connectivity index (χ2v) is 10.9. The lowest BCUT2D eigenvalue weighted by molar-refractivity contribution is -0.272. The zero-order valence-corrected chi connectivity index (χ0v) is 19.0. The van der Waals surface area contributed by atoms with E-state index in [1.807, 2.05) is 13.0 Å². The quantitative estimate of drug-likeness (QED) is 0.403. The van der Waals surface area contributed by atoms with Crippen molar-refractivity contribution in [1.82, 2.24) is 0 Å². The Morgan fingerprint density at radius 1 is 1.13 bits per heavy atom. The van der Waals surface area contributed by atoms with E-state index < -0.39 is 38.1 Å². The van der Waals surface area contributed by atoms with Gasteiger partial charge in [-0.25, -0.2) is 0 Å². The fourth-order valence-corrected chi connectivity index (χ4v) is 5.15. The number of hydrogen-bond donors (Lipinski definition) is 4. The Kier molecular flexibility index (Phi) is 9.15. The predicted molar refractivity (Wildman–Crippen MR) is 113 cm³/mol. The lowest BCUT2D eigenvalue weighted by Crippen LogP contribution is -2.59. The van der Waals surface area contributed by atoms with Crippen molar-refractivity contribution in [3.8, 4) is 11.5 Å². The molecule has 0 amide bonds. The number of aliphatic hydroxyl groups is 3. The Balaban J connectivity index is 2.17. The van der Waals surface area contributed by atoms with E-state index >= 15 is 0 Å². The van der Waals surface area contributed by atoms with Crippen LogP contribution in [-0.2, 0) is 15.7 Å². The molecule has 8 nitrogen and oxygen atoms in total. The van der Waals surface area contributed by atoms with Gasteiger partial charge >= 0.3 is 0 Å². The number of methoxy groups -OCH3 is 1. The topological polar surface area (TPSA) is 126 Å². The number of hydrogen-bond acceptors (Lipinski definition) is 7. The molecular formula is C21H35O8P. The van der Waals surface area contributed by atoms with Gasteiger partial charge in [-0.05, 0) is 48.9 Å². The molecule has 1 fully saturated rings. The van der Waals surface area contributed by atoms with Crippen molar-refractivity contribution in [3.05, 3.63) is 23.8 Å². The standard InChI is InChI=1S/C21H35O8P/c1-5-9-30(25,26)10-8-17-18(22)19(23)20(24)21(29-17)28-16-7-6-15(27-4)12-14(16)11-13(2)3/h6-7,12-13,17-24H,5,8-11H2,1-4H3,(H,25,26)/t17-,18-,19+,20+,21?/m1/s1. The second-order valence-electron chi connectivity index (χ2n) is 8.29. The van der Waals surface area contributed by atoms with Gasteiger partial charge in [0.25, 0.3) is 0 Å². The Morgan fingerprint density at radius 2 is 1.83 bits per heavy atom. The van der Waals surface area contributed by atoms with Gasteiger partial charge in [-0.2, -0.15) is 0 Å². The smallest absolute Gasteiger partial charge is 0.229 e. The highest BCUT2D eigenvalue weighted by Crippen LogP contribution is 2.43. The van der Waals surface area contributed by atoms with E-state index in [0.717, 1.165) is 5.56 Å². The zero-order valence-electron chi connectivity index (χ0n) is 18.1. The van der Waals surface area contributed by atoms with Crippen LogP contribution in [0.5, 0.6) is 11.5 Å². The summed E-state index contributed by atoms with van der Waals surface area (Å²) in [5.74, 6) is 1.50. The molecule has 2 rings (SSSR count). The van der Waals surface area contributed by atoms with Crippen LogP contribution in [-0.4, -0.2) is 70.4 Å². The molecule has 1 saturated heterocycles. The Bertz CT molecular complexity index is 725. The van der Waals surface area contributed by atoms with Gasteiger partial charge in [0, 0.05) is 12.3 Å². The van der Waals surface area contributed by atoms with Crippen LogP contribution >= 0.6 is 7.37 Å². The molecule has 0 spiro atoms. The van der Waals surface area contributed by atoms with Crippen LogP contribution in [0.4, 0.5) is 0 Å². The van der Waals surface area contributed by atoms with Gasteiger partial charge in [-0.15, -0.1) is 0 Å². The third-order valence-corrected chi connectivity index (χ3v) is 7.25. The summed E-state index contributed by atoms with van der Waals surface area (Å²) in [7, 11) is -1.76. The Hall–Kier alpha value is -1.15. The number of rotatable bonds is 10. The van der Waals surface area contributed by atoms with Gasteiger partial charge < -0.3 is 34.4 Å². The SMILES string of the molecule is CCCP(=O)(O)CC[C@H]1OC(Oc2ccc(OC)cc2CC(C)C)[C@@H](O)[C@@H](O)[C@@H]1O. The summed E-state index contributed by atoms with van der Waals surface area (Å²) < 4.78 is 29.1. The van der Waals surface area contributed by atoms with Crippen LogP contribution in [0.1, 0.15) is 39.2 Å². The van der Waals surface area contributed by atoms with E-state index in [9.17, 15) is 24.8 Å². The maximum Gasteiger partial charge on any atom is 0.229 e. The lowest BCUT2D eigenvalue weighted by atomic mass is 9.97. The molecule has 0 saturated carbocycles. The maximum absolute atomic E-state index is 12.2. The summed E-state index contributed by atoms with van der Waals surface area (Å²) >= 11 is 0. The van der Waals surface area contributed by atoms with E-state index in [1.165, 1.54) is 0 Å². The molecule has 2 unspecified atom stereocenters. The first-order valence-electron chi connectivity index (χ1n) is 10.4. The fraction of sp³-hybridized carbons (Fsp3) is 0.714. The highest BCUT2D eigenvalue weighted by molar-refractivity contribution is 7.57. The molecule has 1 aliphatic rings. The summed E-state index contributed by atoms with van der Waals surface area (Å²) in [6.07, 6.45) is -5.02. The number of ether oxygens (including phenoxy) is 3. The van der Waals surface area contributed by atoms with E-state index in [0.29, 0.717) is 30.3 Å². The van der Waals surface area contributed by atoms with Crippen molar-refractivity contribution >= 4 is 7.37 Å². The van der Waals surface area contributed by atoms with Crippen molar-refractivity contribution in [3.63, 3.8) is 0 Å². The molecular weight excluding hydrogens is 411 g/mol. The van der Waals surface area contributed by atoms with Crippen LogP contribution in [0.15, 0.2) is 18.2 Å². The van der Waals surface area contributed by atoms with E-state index in [2.05, 4.69) is 13.8 Å². The third kappa shape index (κ3) is 6.67. The monoisotopic (exact) mass is 446 g/mol. The second kappa shape index (κ2) is 10.9. The molecule has 1 heterocycles. The van der Waals surface area contributed by atoms with Gasteiger partial charge in [-0.1, -0.05) is 20.8 Å². The van der Waals surface area contributed by atoms with Gasteiger partial charge in [0.15, 0.2) is 0 Å². The summed E-state index contributed by atoms with van der Waals surface area (Å²) in [6.45, 7) is 5.95. The largest absolute Gasteiger partial charge is 0.497 e. The van der Waals surface area contributed by atoms with Crippen molar-refractivity contribution < 1.29 is 39.0 Å². The average Bonchev–Trinajstić information content (AvgIpc) is 2.68. The highest BCUT2D eigenvalue weighted by Gasteiger charge is 2.45. The predicted octanol–water partition coefficient (Wildman–Crippen LogP) is 2.15. The van der Waals surface area contributed by atoms with Crippen LogP contribution in [0.2, 0.25) is 0 Å². The molecule has 30 heavy (non-hydrogen) atoms. The fourth-order valence-electron chi connectivity index (χ4n) is 3.56. The number of benzene rings is 1. The molecule has 6 atom stereocenters. The zero-order chi connectivity index (χ0) is 22.5. The summed E-state index contributed by atoms with van der Waals surface area (Å²) in [5.41, 5.74) is 0.861. The Labute approximate surface area is 178 Å². The van der Waals surface area contributed by atoms with Crippen LogP contribution in [0.3, 0.4) is 0 Å². The van der Waals surface area contributed by atoms with Gasteiger partial charge in [0.2, 0.25) is 13.7 Å². The highest BCUT2D eigenvalue weighted by atomic mass is 31.2. The van der Waals surface area contributed by atoms with Gasteiger partial charge in [-0.3, -0.25) is 4.57 Å². The van der Waals surface area contributed by atoms with Gasteiger partial charge in [0.1, 0.15) is 29.8 Å². The minimum atomic E-state index is -3.33. The lowest BCUT2D eigenvalue weighted by Gasteiger charge is -2.40. The molecule has 0 radical (unpaired) electrons. The van der Waals surface area contributed by atoms with E-state index in [1.54, 1.807) is 19.2 Å². The third-order valence-electron chi connectivity index (χ3n) is 5.14. The summed E-state index contributed by atoms with van der Waals surface area (Å²) in [6, 6.07) is 5.28. The molecule has 172 valence electrons. The molecule has 1 aliphatic heterocycles. The van der Waals surface area contributed by atoms with E-state index in [-0.39, 0.29) is 18.7 Å². The van der Waals surface area contributed by atoms with Crippen molar-refractivity contribution in [2.75, 3.05) is 19.4 Å².